The molecule has 1 aliphatic heterocycles. The fourth-order valence-electron chi connectivity index (χ4n) is 3.87. The molecule has 1 atom stereocenters. The van der Waals surface area contributed by atoms with Gasteiger partial charge in [0.1, 0.15) is 0 Å². The Labute approximate surface area is 143 Å². The van der Waals surface area contributed by atoms with Crippen molar-refractivity contribution in [3.05, 3.63) is 77.9 Å². The summed E-state index contributed by atoms with van der Waals surface area (Å²) in [7, 11) is 0. The summed E-state index contributed by atoms with van der Waals surface area (Å²) in [5.74, 6) is 0. The van der Waals surface area contributed by atoms with Crippen LogP contribution in [0.2, 0.25) is 0 Å². The fourth-order valence-corrected chi connectivity index (χ4v) is 3.87. The number of hydrogen-bond acceptors (Lipinski definition) is 2. The molecule has 0 fully saturated rings. The van der Waals surface area contributed by atoms with Gasteiger partial charge in [-0.15, -0.1) is 0 Å². The normalized spacial score (nSPS) is 16.8. The number of hydrogen-bond donors (Lipinski definition) is 1. The molecule has 122 valence electrons. The van der Waals surface area contributed by atoms with Gasteiger partial charge in [-0.3, -0.25) is 0 Å². The summed E-state index contributed by atoms with van der Waals surface area (Å²) in [6.07, 6.45) is 0.949. The van der Waals surface area contributed by atoms with E-state index in [4.69, 9.17) is 0 Å². The van der Waals surface area contributed by atoms with Gasteiger partial charge in [0.05, 0.1) is 11.6 Å². The highest BCUT2D eigenvalue weighted by molar-refractivity contribution is 6.00. The molecule has 0 aromatic heterocycles. The van der Waals surface area contributed by atoms with Crippen molar-refractivity contribution >= 4 is 16.5 Å². The molecule has 24 heavy (non-hydrogen) atoms. The summed E-state index contributed by atoms with van der Waals surface area (Å²) in [6, 6.07) is 23.9. The van der Waals surface area contributed by atoms with Crippen LogP contribution >= 0.6 is 0 Å². The molecule has 0 radical (unpaired) electrons. The van der Waals surface area contributed by atoms with Gasteiger partial charge in [-0.25, -0.2) is 0 Å². The molecule has 3 aromatic rings. The molecule has 2 heteroatoms. The van der Waals surface area contributed by atoms with Crippen LogP contribution in [-0.2, 0) is 6.42 Å². The van der Waals surface area contributed by atoms with Crippen LogP contribution < -0.4 is 4.90 Å². The number of benzene rings is 3. The predicted octanol–water partition coefficient (Wildman–Crippen LogP) is 4.71. The SMILES string of the molecule is CC(C)(O)CN1c2cccc3cccc(c23)C1Cc1ccccc1. The first-order chi connectivity index (χ1) is 11.5. The van der Waals surface area contributed by atoms with Gasteiger partial charge in [0, 0.05) is 17.6 Å². The number of nitrogens with zero attached hydrogens (tertiary/aromatic N) is 1. The second-order valence-corrected chi connectivity index (χ2v) is 7.37. The molecule has 1 N–H and O–H groups in total. The number of aliphatic hydroxyl groups is 1. The Kier molecular flexibility index (Phi) is 3.58. The van der Waals surface area contributed by atoms with Crippen LogP contribution in [-0.4, -0.2) is 17.3 Å². The predicted molar refractivity (Wildman–Crippen MR) is 100 cm³/mol. The third-order valence-corrected chi connectivity index (χ3v) is 4.79. The molecular formula is C22H23NO. The monoisotopic (exact) mass is 317 g/mol. The minimum atomic E-state index is -0.737. The van der Waals surface area contributed by atoms with E-state index >= 15 is 0 Å². The summed E-state index contributed by atoms with van der Waals surface area (Å²) in [6.45, 7) is 4.39. The Bertz CT molecular complexity index is 859. The van der Waals surface area contributed by atoms with E-state index in [0.29, 0.717) is 6.54 Å². The van der Waals surface area contributed by atoms with Gasteiger partial charge in [0.25, 0.3) is 0 Å². The van der Waals surface area contributed by atoms with Gasteiger partial charge in [-0.2, -0.15) is 0 Å². The van der Waals surface area contributed by atoms with Crippen LogP contribution in [0.15, 0.2) is 66.7 Å². The number of anilines is 1. The van der Waals surface area contributed by atoms with Crippen LogP contribution in [0.3, 0.4) is 0 Å². The van der Waals surface area contributed by atoms with E-state index in [1.54, 1.807) is 0 Å². The quantitative estimate of drug-likeness (QED) is 0.753. The molecular weight excluding hydrogens is 294 g/mol. The van der Waals surface area contributed by atoms with Crippen molar-refractivity contribution in [3.63, 3.8) is 0 Å². The topological polar surface area (TPSA) is 23.5 Å². The van der Waals surface area contributed by atoms with E-state index in [2.05, 4.69) is 71.6 Å². The van der Waals surface area contributed by atoms with Crippen LogP contribution in [0.4, 0.5) is 5.69 Å². The van der Waals surface area contributed by atoms with Gasteiger partial charge in [0.15, 0.2) is 0 Å². The fraction of sp³-hybridized carbons (Fsp3) is 0.273. The van der Waals surface area contributed by atoms with Crippen molar-refractivity contribution in [1.29, 1.82) is 0 Å². The Morgan fingerprint density at radius 3 is 2.33 bits per heavy atom. The van der Waals surface area contributed by atoms with E-state index in [0.717, 1.165) is 6.42 Å². The first-order valence-corrected chi connectivity index (χ1v) is 8.57. The van der Waals surface area contributed by atoms with Crippen LogP contribution in [0.25, 0.3) is 10.8 Å². The zero-order chi connectivity index (χ0) is 16.7. The van der Waals surface area contributed by atoms with E-state index in [1.807, 2.05) is 13.8 Å². The lowest BCUT2D eigenvalue weighted by atomic mass is 9.96. The Hall–Kier alpha value is -2.32. The lowest BCUT2D eigenvalue weighted by molar-refractivity contribution is 0.0854. The average molecular weight is 317 g/mol. The molecule has 0 saturated heterocycles. The molecule has 0 bridgehead atoms. The first-order valence-electron chi connectivity index (χ1n) is 8.57. The zero-order valence-corrected chi connectivity index (χ0v) is 14.2. The molecule has 3 aromatic carbocycles. The smallest absolute Gasteiger partial charge is 0.0766 e. The maximum Gasteiger partial charge on any atom is 0.0766 e. The van der Waals surface area contributed by atoms with E-state index in [1.165, 1.54) is 27.6 Å². The van der Waals surface area contributed by atoms with Crippen molar-refractivity contribution < 1.29 is 5.11 Å². The molecule has 1 unspecified atom stereocenters. The lowest BCUT2D eigenvalue weighted by Crippen LogP contribution is -2.39. The van der Waals surface area contributed by atoms with Gasteiger partial charge >= 0.3 is 0 Å². The van der Waals surface area contributed by atoms with Gasteiger partial charge in [-0.05, 0) is 42.8 Å². The third-order valence-electron chi connectivity index (χ3n) is 4.79. The summed E-state index contributed by atoms with van der Waals surface area (Å²) in [5, 5.41) is 13.1. The lowest BCUT2D eigenvalue weighted by Gasteiger charge is -2.33. The molecule has 0 amide bonds. The highest BCUT2D eigenvalue weighted by Gasteiger charge is 2.34. The highest BCUT2D eigenvalue weighted by atomic mass is 16.3. The van der Waals surface area contributed by atoms with Crippen molar-refractivity contribution in [3.8, 4) is 0 Å². The molecule has 4 rings (SSSR count). The molecule has 2 nitrogen and oxygen atoms in total. The summed E-state index contributed by atoms with van der Waals surface area (Å²) in [4.78, 5) is 2.38. The minimum Gasteiger partial charge on any atom is -0.389 e. The van der Waals surface area contributed by atoms with E-state index in [9.17, 15) is 5.11 Å². The van der Waals surface area contributed by atoms with Gasteiger partial charge in [0.2, 0.25) is 0 Å². The summed E-state index contributed by atoms with van der Waals surface area (Å²) >= 11 is 0. The maximum atomic E-state index is 10.5. The largest absolute Gasteiger partial charge is 0.389 e. The standard InChI is InChI=1S/C22H23NO/c1-22(2,24)15-23-19-13-7-11-17-10-6-12-18(21(17)19)20(23)14-16-8-4-3-5-9-16/h3-13,20,24H,14-15H2,1-2H3. The zero-order valence-electron chi connectivity index (χ0n) is 14.2. The average Bonchev–Trinajstić information content (AvgIpc) is 2.84. The Balaban J connectivity index is 1.82. The van der Waals surface area contributed by atoms with Gasteiger partial charge < -0.3 is 10.0 Å². The van der Waals surface area contributed by atoms with E-state index in [-0.39, 0.29) is 6.04 Å². The summed E-state index contributed by atoms with van der Waals surface area (Å²) < 4.78 is 0. The summed E-state index contributed by atoms with van der Waals surface area (Å²) in [5.41, 5.74) is 3.20. The Morgan fingerprint density at radius 2 is 1.62 bits per heavy atom. The number of β-amino-alcohol motifs (C(OH)–C–C–N with tert-alkyl or cyclic N) is 1. The number of rotatable bonds is 4. The van der Waals surface area contributed by atoms with Crippen LogP contribution in [0.5, 0.6) is 0 Å². The van der Waals surface area contributed by atoms with E-state index < -0.39 is 5.60 Å². The molecule has 1 aliphatic rings. The minimum absolute atomic E-state index is 0.264. The molecule has 1 heterocycles. The van der Waals surface area contributed by atoms with Crippen molar-refractivity contribution in [2.24, 2.45) is 0 Å². The Morgan fingerprint density at radius 1 is 0.917 bits per heavy atom. The van der Waals surface area contributed by atoms with Gasteiger partial charge in [-0.1, -0.05) is 60.7 Å². The first kappa shape index (κ1) is 15.2. The maximum absolute atomic E-state index is 10.5. The second-order valence-electron chi connectivity index (χ2n) is 7.37. The molecule has 0 aliphatic carbocycles. The molecule has 0 saturated carbocycles. The van der Waals surface area contributed by atoms with Crippen molar-refractivity contribution in [2.75, 3.05) is 11.4 Å². The molecule has 0 spiro atoms. The second kappa shape index (κ2) is 5.64. The van der Waals surface area contributed by atoms with Crippen LogP contribution in [0, 0.1) is 0 Å². The van der Waals surface area contributed by atoms with Crippen molar-refractivity contribution in [1.82, 2.24) is 0 Å². The van der Waals surface area contributed by atoms with Crippen LogP contribution in [0.1, 0.15) is 31.0 Å². The third kappa shape index (κ3) is 2.67. The highest BCUT2D eigenvalue weighted by Crippen LogP contribution is 2.45. The van der Waals surface area contributed by atoms with Crippen molar-refractivity contribution in [2.45, 2.75) is 31.9 Å².